The van der Waals surface area contributed by atoms with Crippen LogP contribution in [0.25, 0.3) is 0 Å². The van der Waals surface area contributed by atoms with Crippen LogP contribution in [-0.2, 0) is 16.4 Å². The second kappa shape index (κ2) is 14.3. The number of allylic oxidation sites excluding steroid dienone is 2. The topological polar surface area (TPSA) is 75.7 Å². The minimum Gasteiger partial charge on any atom is -0.491 e. The molecule has 0 spiro atoms. The molecule has 2 bridgehead atoms. The van der Waals surface area contributed by atoms with E-state index in [1.807, 2.05) is 25.1 Å². The van der Waals surface area contributed by atoms with E-state index in [1.54, 1.807) is 6.07 Å². The Hall–Kier alpha value is -2.51. The number of aryl methyl sites for hydroxylation is 1. The van der Waals surface area contributed by atoms with Crippen molar-refractivity contribution in [1.29, 1.82) is 0 Å². The van der Waals surface area contributed by atoms with Crippen LogP contribution in [-0.4, -0.2) is 39.3 Å². The summed E-state index contributed by atoms with van der Waals surface area (Å²) in [5.41, 5.74) is 3.76. The minimum atomic E-state index is -3.87. The van der Waals surface area contributed by atoms with E-state index in [0.29, 0.717) is 48.7 Å². The second-order valence-electron chi connectivity index (χ2n) is 14.5. The lowest BCUT2D eigenvalue weighted by Crippen LogP contribution is -2.43. The summed E-state index contributed by atoms with van der Waals surface area (Å²) in [5, 5.41) is 0.155. The molecule has 2 heterocycles. The third-order valence-corrected chi connectivity index (χ3v) is 13.2. The maximum absolute atomic E-state index is 13.8. The third-order valence-electron chi connectivity index (χ3n) is 11.0. The molecule has 0 radical (unpaired) electrons. The number of hydrogen-bond acceptors (Lipinski definition) is 5. The minimum absolute atomic E-state index is 0.0761. The van der Waals surface area contributed by atoms with E-state index in [-0.39, 0.29) is 11.8 Å². The van der Waals surface area contributed by atoms with Crippen molar-refractivity contribution in [3.8, 4) is 5.75 Å². The molecule has 0 saturated heterocycles. The molecule has 2 fully saturated rings. The molecule has 1 N–H and O–H groups in total. The number of nitrogens with zero attached hydrogens (tertiary/aromatic N) is 1. The molecular formula is C38H51ClN2O4S. The van der Waals surface area contributed by atoms with Crippen LogP contribution in [0, 0.1) is 29.6 Å². The van der Waals surface area contributed by atoms with Gasteiger partial charge in [-0.05, 0) is 110 Å². The Labute approximate surface area is 281 Å². The van der Waals surface area contributed by atoms with E-state index in [4.69, 9.17) is 16.3 Å². The maximum Gasteiger partial charge on any atom is 0.264 e. The van der Waals surface area contributed by atoms with Crippen molar-refractivity contribution in [1.82, 2.24) is 4.72 Å². The van der Waals surface area contributed by atoms with Crippen molar-refractivity contribution < 1.29 is 17.9 Å². The Morgan fingerprint density at radius 3 is 2.57 bits per heavy atom. The van der Waals surface area contributed by atoms with Gasteiger partial charge in [0.15, 0.2) is 0 Å². The number of fused-ring (bicyclic) bond motifs is 2. The van der Waals surface area contributed by atoms with E-state index in [2.05, 4.69) is 47.8 Å². The zero-order chi connectivity index (χ0) is 32.4. The number of halogens is 1. The Morgan fingerprint density at radius 1 is 1.02 bits per heavy atom. The van der Waals surface area contributed by atoms with Gasteiger partial charge in [-0.1, -0.05) is 76.3 Å². The lowest BCUT2D eigenvalue weighted by atomic mass is 9.65. The van der Waals surface area contributed by atoms with E-state index in [0.717, 1.165) is 68.1 Å². The van der Waals surface area contributed by atoms with Gasteiger partial charge in [0, 0.05) is 29.6 Å². The quantitative estimate of drug-likeness (QED) is 0.300. The highest BCUT2D eigenvalue weighted by atomic mass is 35.5. The second-order valence-corrected chi connectivity index (χ2v) is 16.8. The molecule has 2 aliphatic heterocycles. The largest absolute Gasteiger partial charge is 0.491 e. The van der Waals surface area contributed by atoms with Crippen LogP contribution >= 0.6 is 11.6 Å². The summed E-state index contributed by atoms with van der Waals surface area (Å²) in [7, 11) is -3.87. The summed E-state index contributed by atoms with van der Waals surface area (Å²) in [6.45, 7) is 8.65. The Kier molecular flexibility index (Phi) is 10.4. The van der Waals surface area contributed by atoms with E-state index >= 15 is 0 Å². The molecule has 6 nitrogen and oxygen atoms in total. The zero-order valence-electron chi connectivity index (χ0n) is 27.7. The maximum atomic E-state index is 13.8. The number of benzene rings is 2. The van der Waals surface area contributed by atoms with E-state index in [9.17, 15) is 13.2 Å². The molecule has 6 atom stereocenters. The van der Waals surface area contributed by atoms with Gasteiger partial charge in [0.25, 0.3) is 5.91 Å². The highest BCUT2D eigenvalue weighted by molar-refractivity contribution is 7.90. The SMILES string of the molecule is CCCc1cc(Cl)ccc1C1COc2ccc3cc2N(C1)CC1CCC1C(CCC)/C=C\C[C@@H](C)C(CC1CC1)S(=O)(=O)NC3=O. The van der Waals surface area contributed by atoms with Gasteiger partial charge in [-0.3, -0.25) is 4.79 Å². The average molecular weight is 667 g/mol. The molecule has 2 aromatic rings. The summed E-state index contributed by atoms with van der Waals surface area (Å²) in [5.74, 6) is 2.29. The van der Waals surface area contributed by atoms with Gasteiger partial charge in [0.2, 0.25) is 10.0 Å². The number of carbonyl (C=O) groups is 1. The Balaban J connectivity index is 1.39. The first-order valence-corrected chi connectivity index (χ1v) is 19.6. The van der Waals surface area contributed by atoms with Gasteiger partial charge in [0.1, 0.15) is 5.75 Å². The highest BCUT2D eigenvalue weighted by Gasteiger charge is 2.40. The average Bonchev–Trinajstić information content (AvgIpc) is 3.84. The van der Waals surface area contributed by atoms with Crippen LogP contribution in [0.1, 0.15) is 106 Å². The van der Waals surface area contributed by atoms with Crippen molar-refractivity contribution in [2.45, 2.75) is 96.1 Å². The number of anilines is 1. The number of amides is 1. The molecule has 46 heavy (non-hydrogen) atoms. The van der Waals surface area contributed by atoms with Gasteiger partial charge in [0.05, 0.1) is 17.5 Å². The first-order chi connectivity index (χ1) is 22.2. The monoisotopic (exact) mass is 666 g/mol. The van der Waals surface area contributed by atoms with Gasteiger partial charge in [-0.2, -0.15) is 0 Å². The standard InChI is InChI=1S/C38H51ClN2O4S/c1-4-7-27-10-6-9-25(3)37(19-26-11-12-26)46(43,44)40-38(42)29-14-18-36-35(21-29)41(22-30-13-16-33(27)30)23-31(24-45-36)34-17-15-32(39)20-28(34)8-5-2/h6,10,14-15,17-18,20-21,25-27,30-31,33,37H,4-5,7-9,11-13,16,19,22-24H2,1-3H3,(H,40,42)/b10-6-/t25-,27?,30?,31?,33?,37?/m1/s1. The number of sulfonamides is 1. The zero-order valence-corrected chi connectivity index (χ0v) is 29.3. The van der Waals surface area contributed by atoms with Crippen molar-refractivity contribution in [2.75, 3.05) is 24.6 Å². The van der Waals surface area contributed by atoms with Crippen molar-refractivity contribution >= 4 is 33.2 Å². The van der Waals surface area contributed by atoms with Crippen LogP contribution in [0.4, 0.5) is 5.69 Å². The fourth-order valence-corrected chi connectivity index (χ4v) is 10.1. The smallest absolute Gasteiger partial charge is 0.264 e. The molecule has 250 valence electrons. The predicted octanol–water partition coefficient (Wildman–Crippen LogP) is 8.54. The number of nitrogens with one attached hydrogen (secondary N) is 1. The highest BCUT2D eigenvalue weighted by Crippen LogP contribution is 2.46. The predicted molar refractivity (Wildman–Crippen MR) is 187 cm³/mol. The summed E-state index contributed by atoms with van der Waals surface area (Å²) in [6.07, 6.45) is 14.8. The summed E-state index contributed by atoms with van der Waals surface area (Å²) >= 11 is 6.44. The number of ether oxygens (including phenoxy) is 1. The molecule has 5 unspecified atom stereocenters. The number of hydrogen-bond donors (Lipinski definition) is 1. The third kappa shape index (κ3) is 7.46. The molecule has 4 aliphatic rings. The Morgan fingerprint density at radius 2 is 1.85 bits per heavy atom. The van der Waals surface area contributed by atoms with Crippen LogP contribution in [0.3, 0.4) is 0 Å². The lowest BCUT2D eigenvalue weighted by molar-refractivity contribution is 0.0980. The fraction of sp³-hybridized carbons (Fsp3) is 0.605. The summed E-state index contributed by atoms with van der Waals surface area (Å²) in [6, 6.07) is 11.7. The van der Waals surface area contributed by atoms with Crippen LogP contribution < -0.4 is 14.4 Å². The van der Waals surface area contributed by atoms with Crippen molar-refractivity contribution in [3.63, 3.8) is 0 Å². The first-order valence-electron chi connectivity index (χ1n) is 17.7. The number of carbonyl (C=O) groups excluding carboxylic acids is 1. The van der Waals surface area contributed by atoms with E-state index in [1.165, 1.54) is 24.0 Å². The van der Waals surface area contributed by atoms with Crippen LogP contribution in [0.5, 0.6) is 5.75 Å². The molecular weight excluding hydrogens is 616 g/mol. The van der Waals surface area contributed by atoms with Gasteiger partial charge in [-0.25, -0.2) is 13.1 Å². The van der Waals surface area contributed by atoms with Crippen molar-refractivity contribution in [3.05, 3.63) is 70.3 Å². The Bertz CT molecular complexity index is 1540. The molecule has 2 aromatic carbocycles. The molecule has 8 heteroatoms. The summed E-state index contributed by atoms with van der Waals surface area (Å²) in [4.78, 5) is 16.1. The molecule has 6 rings (SSSR count). The first kappa shape index (κ1) is 33.4. The van der Waals surface area contributed by atoms with Crippen LogP contribution in [0.15, 0.2) is 48.6 Å². The van der Waals surface area contributed by atoms with Crippen LogP contribution in [0.2, 0.25) is 5.02 Å². The lowest BCUT2D eigenvalue weighted by Gasteiger charge is -2.44. The molecule has 2 aliphatic carbocycles. The van der Waals surface area contributed by atoms with Gasteiger partial charge < -0.3 is 9.64 Å². The summed E-state index contributed by atoms with van der Waals surface area (Å²) < 4.78 is 36.6. The van der Waals surface area contributed by atoms with Gasteiger partial charge in [-0.15, -0.1) is 0 Å². The van der Waals surface area contributed by atoms with Gasteiger partial charge >= 0.3 is 0 Å². The van der Waals surface area contributed by atoms with E-state index < -0.39 is 21.2 Å². The number of rotatable bonds is 7. The molecule has 0 aromatic heterocycles. The van der Waals surface area contributed by atoms with Crippen molar-refractivity contribution in [2.24, 2.45) is 29.6 Å². The fourth-order valence-electron chi connectivity index (χ4n) is 8.14. The normalized spacial score (nSPS) is 30.3. The molecule has 2 saturated carbocycles. The molecule has 1 amide bonds.